The molecule has 3 saturated heterocycles. The lowest BCUT2D eigenvalue weighted by atomic mass is 10.1. The molecule has 2 N–H and O–H groups in total. The minimum absolute atomic E-state index is 0.177. The van der Waals surface area contributed by atoms with Gasteiger partial charge in [-0.15, -0.1) is 0 Å². The average Bonchev–Trinajstić information content (AvgIpc) is 3.14. The average molecular weight is 473 g/mol. The Kier molecular flexibility index (Phi) is 8.17. The van der Waals surface area contributed by atoms with E-state index in [0.29, 0.717) is 19.6 Å². The number of H-pyrrole nitrogens is 1. The lowest BCUT2D eigenvalue weighted by Crippen LogP contribution is -2.45. The Bertz CT molecular complexity index is 891. The van der Waals surface area contributed by atoms with E-state index in [4.69, 9.17) is 35.3 Å². The number of hydrogen-bond acceptors (Lipinski definition) is 8. The molecule has 10 nitrogen and oxygen atoms in total. The number of ether oxygens (including phenoxy) is 5. The van der Waals surface area contributed by atoms with E-state index in [9.17, 15) is 14.7 Å². The van der Waals surface area contributed by atoms with Crippen LogP contribution in [0.1, 0.15) is 50.3 Å². The molecule has 0 aromatic carbocycles. The fourth-order valence-corrected chi connectivity index (χ4v) is 4.39. The second-order valence-electron chi connectivity index (χ2n) is 8.08. The van der Waals surface area contributed by atoms with Gasteiger partial charge in [0.05, 0.1) is 12.2 Å². The van der Waals surface area contributed by atoms with Gasteiger partial charge in [-0.05, 0) is 44.6 Å². The molecule has 178 valence electrons. The highest BCUT2D eigenvalue weighted by atomic mass is 35.5. The molecule has 0 saturated carbocycles. The molecule has 11 heteroatoms. The number of aliphatic hydroxyl groups is 1. The van der Waals surface area contributed by atoms with Gasteiger partial charge in [-0.3, -0.25) is 14.3 Å². The fraction of sp³-hybridized carbons (Fsp3) is 0.714. The van der Waals surface area contributed by atoms with Crippen LogP contribution in [-0.2, 0) is 23.7 Å². The first kappa shape index (κ1) is 23.6. The number of nitrogens with one attached hydrogen (secondary N) is 1. The minimum Gasteiger partial charge on any atom is -0.394 e. The molecule has 0 aliphatic carbocycles. The van der Waals surface area contributed by atoms with Crippen LogP contribution in [0.25, 0.3) is 6.08 Å². The maximum atomic E-state index is 12.7. The molecule has 3 aliphatic rings. The smallest absolute Gasteiger partial charge is 0.330 e. The van der Waals surface area contributed by atoms with E-state index in [-0.39, 0.29) is 12.2 Å². The summed E-state index contributed by atoms with van der Waals surface area (Å²) < 4.78 is 31.2. The summed E-state index contributed by atoms with van der Waals surface area (Å²) >= 11 is 5.63. The van der Waals surface area contributed by atoms with Crippen LogP contribution in [0.15, 0.2) is 21.3 Å². The Morgan fingerprint density at radius 2 is 1.75 bits per heavy atom. The van der Waals surface area contributed by atoms with Crippen molar-refractivity contribution in [3.63, 3.8) is 0 Å². The van der Waals surface area contributed by atoms with Crippen LogP contribution in [0.4, 0.5) is 0 Å². The summed E-state index contributed by atoms with van der Waals surface area (Å²) in [6.07, 6.45) is 3.83. The van der Waals surface area contributed by atoms with Gasteiger partial charge in [-0.25, -0.2) is 4.79 Å². The van der Waals surface area contributed by atoms with Gasteiger partial charge < -0.3 is 28.8 Å². The predicted octanol–water partition coefficient (Wildman–Crippen LogP) is 1.46. The summed E-state index contributed by atoms with van der Waals surface area (Å²) in [6.45, 7) is 0.828. The first-order valence-corrected chi connectivity index (χ1v) is 11.5. The zero-order valence-corrected chi connectivity index (χ0v) is 18.4. The summed E-state index contributed by atoms with van der Waals surface area (Å²) in [4.78, 5) is 27.0. The lowest BCUT2D eigenvalue weighted by molar-refractivity contribution is -0.248. The maximum Gasteiger partial charge on any atom is 0.330 e. The molecular weight excluding hydrogens is 444 g/mol. The summed E-state index contributed by atoms with van der Waals surface area (Å²) in [5.41, 5.74) is 0.116. The van der Waals surface area contributed by atoms with Crippen LogP contribution in [0.5, 0.6) is 0 Å². The van der Waals surface area contributed by atoms with Crippen LogP contribution in [0.3, 0.4) is 0 Å². The Morgan fingerprint density at radius 3 is 2.31 bits per heavy atom. The quantitative estimate of drug-likeness (QED) is 0.611. The van der Waals surface area contributed by atoms with Crippen molar-refractivity contribution in [2.75, 3.05) is 19.8 Å². The van der Waals surface area contributed by atoms with Crippen LogP contribution < -0.4 is 11.2 Å². The van der Waals surface area contributed by atoms with Gasteiger partial charge >= 0.3 is 5.69 Å². The van der Waals surface area contributed by atoms with Crippen LogP contribution in [0, 0.1) is 0 Å². The van der Waals surface area contributed by atoms with Gasteiger partial charge in [0.2, 0.25) is 0 Å². The monoisotopic (exact) mass is 472 g/mol. The molecule has 1 aromatic heterocycles. The third kappa shape index (κ3) is 5.33. The number of hydrogen-bond donors (Lipinski definition) is 2. The second kappa shape index (κ2) is 11.1. The zero-order chi connectivity index (χ0) is 22.5. The van der Waals surface area contributed by atoms with Crippen molar-refractivity contribution in [2.24, 2.45) is 0 Å². The second-order valence-corrected chi connectivity index (χ2v) is 8.34. The fourth-order valence-electron chi connectivity index (χ4n) is 4.25. The molecule has 3 aliphatic heterocycles. The molecule has 0 spiro atoms. The van der Waals surface area contributed by atoms with E-state index < -0.39 is 48.4 Å². The molecule has 4 heterocycles. The van der Waals surface area contributed by atoms with Crippen LogP contribution in [-0.4, -0.2) is 65.4 Å². The zero-order valence-electron chi connectivity index (χ0n) is 17.7. The van der Waals surface area contributed by atoms with Crippen molar-refractivity contribution >= 4 is 17.7 Å². The first-order valence-electron chi connectivity index (χ1n) is 11.0. The van der Waals surface area contributed by atoms with Gasteiger partial charge in [-0.2, -0.15) is 0 Å². The number of aromatic amines is 1. The van der Waals surface area contributed by atoms with Gasteiger partial charge in [0.15, 0.2) is 18.8 Å². The minimum atomic E-state index is -0.960. The molecule has 0 amide bonds. The van der Waals surface area contributed by atoms with E-state index in [2.05, 4.69) is 4.98 Å². The number of aliphatic hydroxyl groups excluding tert-OH is 1. The van der Waals surface area contributed by atoms with Crippen molar-refractivity contribution < 1.29 is 28.8 Å². The maximum absolute atomic E-state index is 12.7. The highest BCUT2D eigenvalue weighted by molar-refractivity contribution is 6.27. The van der Waals surface area contributed by atoms with Gasteiger partial charge in [0, 0.05) is 24.9 Å². The van der Waals surface area contributed by atoms with Crippen LogP contribution in [0.2, 0.25) is 0 Å². The topological polar surface area (TPSA) is 121 Å². The Labute approximate surface area is 190 Å². The molecule has 6 atom stereocenters. The normalized spacial score (nSPS) is 33.7. The van der Waals surface area contributed by atoms with Crippen molar-refractivity contribution in [2.45, 2.75) is 75.6 Å². The highest BCUT2D eigenvalue weighted by Crippen LogP contribution is 2.36. The summed E-state index contributed by atoms with van der Waals surface area (Å²) in [5, 5.41) is 10.0. The molecule has 3 fully saturated rings. The number of aromatic nitrogens is 2. The molecule has 2 unspecified atom stereocenters. The first-order chi connectivity index (χ1) is 15.6. The van der Waals surface area contributed by atoms with Crippen molar-refractivity contribution in [3.8, 4) is 0 Å². The molecular formula is C21H29ClN2O8. The third-order valence-corrected chi connectivity index (χ3v) is 6.00. The van der Waals surface area contributed by atoms with Crippen molar-refractivity contribution in [3.05, 3.63) is 38.1 Å². The number of halogens is 1. The number of nitrogens with zero attached hydrogens (tertiary/aromatic N) is 1. The molecule has 0 radical (unpaired) electrons. The largest absolute Gasteiger partial charge is 0.394 e. The van der Waals surface area contributed by atoms with E-state index >= 15 is 0 Å². The standard InChI is InChI=1S/C21H29ClN2O8/c22-8-7-13-11-24(21(27)23-19(13)26)20-18(32-16-6-2-4-10-29-16)17(14(12-25)30-20)31-15-5-1-3-9-28-15/h7-8,11,14-18,20,25H,1-6,9-10,12H2,(H,23,26,27)/t14-,15?,16?,17-,18+,20-/m1/s1. The van der Waals surface area contributed by atoms with Crippen LogP contribution >= 0.6 is 11.6 Å². The summed E-state index contributed by atoms with van der Waals surface area (Å²) in [6, 6.07) is 0. The highest BCUT2D eigenvalue weighted by Gasteiger charge is 2.49. The van der Waals surface area contributed by atoms with Gasteiger partial charge in [-0.1, -0.05) is 11.6 Å². The molecule has 0 bridgehead atoms. The Hall–Kier alpha value is -1.53. The van der Waals surface area contributed by atoms with Crippen molar-refractivity contribution in [1.29, 1.82) is 0 Å². The Balaban J connectivity index is 1.66. The summed E-state index contributed by atoms with van der Waals surface area (Å²) in [7, 11) is 0. The predicted molar refractivity (Wildman–Crippen MR) is 114 cm³/mol. The molecule has 1 aromatic rings. The van der Waals surface area contributed by atoms with E-state index in [1.807, 2.05) is 0 Å². The van der Waals surface area contributed by atoms with E-state index in [1.165, 1.54) is 22.4 Å². The molecule has 4 rings (SSSR count). The van der Waals surface area contributed by atoms with Gasteiger partial charge in [0.1, 0.15) is 18.3 Å². The number of rotatable bonds is 7. The third-order valence-electron chi connectivity index (χ3n) is 5.87. The lowest BCUT2D eigenvalue weighted by Gasteiger charge is -2.33. The molecule has 32 heavy (non-hydrogen) atoms. The summed E-state index contributed by atoms with van der Waals surface area (Å²) in [5.74, 6) is 0. The van der Waals surface area contributed by atoms with E-state index in [0.717, 1.165) is 32.1 Å². The van der Waals surface area contributed by atoms with Gasteiger partial charge in [0.25, 0.3) is 5.56 Å². The Morgan fingerprint density at radius 1 is 1.09 bits per heavy atom. The van der Waals surface area contributed by atoms with E-state index in [1.54, 1.807) is 0 Å². The van der Waals surface area contributed by atoms with Crippen molar-refractivity contribution in [1.82, 2.24) is 9.55 Å². The SMILES string of the molecule is O=c1[nH]c(=O)n([C@@H]2O[C@H](CO)[C@@H](OC3CCCCO3)[C@@H]2OC2CCCCO2)cc1C=CCl.